The molecule has 4 aliphatic heterocycles. The van der Waals surface area contributed by atoms with Crippen molar-refractivity contribution in [2.75, 3.05) is 19.1 Å². The first kappa shape index (κ1) is 25.8. The molecule has 202 valence electrons. The van der Waals surface area contributed by atoms with Gasteiger partial charge in [-0.1, -0.05) is 30.3 Å². The quantitative estimate of drug-likeness (QED) is 0.286. The van der Waals surface area contributed by atoms with E-state index in [-0.39, 0.29) is 25.5 Å². The average Bonchev–Trinajstić information content (AvgIpc) is 3.60. The first-order valence-corrected chi connectivity index (χ1v) is 14.4. The van der Waals surface area contributed by atoms with Crippen molar-refractivity contribution in [3.8, 4) is 23.0 Å². The van der Waals surface area contributed by atoms with Crippen molar-refractivity contribution in [1.82, 2.24) is 24.4 Å². The summed E-state index contributed by atoms with van der Waals surface area (Å²) in [7, 11) is 0. The number of nitrogen functional groups attached to an aromatic ring is 1. The number of rotatable bonds is 7. The normalized spacial score (nSPS) is 16.5. The minimum atomic E-state index is -0.268. The summed E-state index contributed by atoms with van der Waals surface area (Å²) in [6.45, 7) is 1.79. The number of benzene rings is 2. The molecule has 1 amide bonds. The molecule has 2 aromatic rings. The van der Waals surface area contributed by atoms with Gasteiger partial charge in [0.15, 0.2) is 34.0 Å². The van der Waals surface area contributed by atoms with Crippen LogP contribution in [0, 0.1) is 0 Å². The van der Waals surface area contributed by atoms with Gasteiger partial charge >= 0.3 is 6.09 Å². The summed E-state index contributed by atoms with van der Waals surface area (Å²) in [6, 6.07) is 13.6. The van der Waals surface area contributed by atoms with Gasteiger partial charge < -0.3 is 29.4 Å². The van der Waals surface area contributed by atoms with E-state index in [0.717, 1.165) is 40.6 Å². The second-order valence-electron chi connectivity index (χ2n) is 9.41. The molecule has 6 rings (SSSR count). The van der Waals surface area contributed by atoms with Crippen LogP contribution in [0.15, 0.2) is 63.3 Å². The third kappa shape index (κ3) is 5.62. The van der Waals surface area contributed by atoms with Gasteiger partial charge in [-0.15, -0.1) is 0 Å². The zero-order chi connectivity index (χ0) is 26.8. The van der Waals surface area contributed by atoms with Crippen LogP contribution in [0.4, 0.5) is 10.6 Å². The standard InChI is InChI=1S/C27H27BrN6O4S/c28-19-12-20-21(38-16-37-20)13-22(19)39-26-31-23-24(29)30-15-33(25(23)32-26)11-9-18-8-4-5-10-34(18)27(35)36-14-17-6-2-1-3-7-17/h1-3,6-7,12-13,15,18H,4-5,8-11,14,16,29H2. The molecule has 1 unspecified atom stereocenters. The molecule has 2 N–H and O–H groups in total. The maximum atomic E-state index is 12.9. The van der Waals surface area contributed by atoms with E-state index in [9.17, 15) is 4.79 Å². The van der Waals surface area contributed by atoms with E-state index >= 15 is 0 Å². The van der Waals surface area contributed by atoms with E-state index < -0.39 is 0 Å². The number of aryl methyl sites for hydroxylation is 1. The molecule has 2 aromatic carbocycles. The van der Waals surface area contributed by atoms with Crippen LogP contribution in [0.25, 0.3) is 11.5 Å². The van der Waals surface area contributed by atoms with Gasteiger partial charge in [0, 0.05) is 28.5 Å². The zero-order valence-electron chi connectivity index (χ0n) is 21.1. The molecule has 10 nitrogen and oxygen atoms in total. The molecular weight excluding hydrogens is 584 g/mol. The van der Waals surface area contributed by atoms with Gasteiger partial charge in [-0.25, -0.2) is 19.7 Å². The van der Waals surface area contributed by atoms with Gasteiger partial charge in [0.1, 0.15) is 6.61 Å². The van der Waals surface area contributed by atoms with Gasteiger partial charge in [-0.05, 0) is 71.1 Å². The first-order valence-electron chi connectivity index (χ1n) is 12.8. The first-order chi connectivity index (χ1) is 19.0. The molecule has 0 saturated carbocycles. The second-order valence-corrected chi connectivity index (χ2v) is 11.3. The average molecular weight is 612 g/mol. The van der Waals surface area contributed by atoms with Crippen molar-refractivity contribution in [1.29, 1.82) is 0 Å². The Morgan fingerprint density at radius 3 is 2.82 bits per heavy atom. The fourth-order valence-corrected chi connectivity index (χ4v) is 6.20. The maximum absolute atomic E-state index is 12.9. The largest absolute Gasteiger partial charge is 0.454 e. The molecule has 1 saturated heterocycles. The number of nitrogens with zero attached hydrogens (tertiary/aromatic N) is 5. The van der Waals surface area contributed by atoms with Crippen LogP contribution in [-0.4, -0.2) is 49.9 Å². The number of amides is 1. The number of anilines is 1. The molecule has 0 spiro atoms. The highest BCUT2D eigenvalue weighted by atomic mass is 79.9. The highest BCUT2D eigenvalue weighted by Crippen LogP contribution is 2.43. The summed E-state index contributed by atoms with van der Waals surface area (Å²) >= 11 is 5.00. The van der Waals surface area contributed by atoms with Crippen molar-refractivity contribution in [3.63, 3.8) is 0 Å². The minimum absolute atomic E-state index is 0.0727. The van der Waals surface area contributed by atoms with Crippen LogP contribution in [0.3, 0.4) is 0 Å². The predicted molar refractivity (Wildman–Crippen MR) is 149 cm³/mol. The number of carbonyl (C=O) groups excluding carboxylic acids is 1. The van der Waals surface area contributed by atoms with Crippen molar-refractivity contribution in [2.45, 2.75) is 54.9 Å². The molecular formula is C27H27BrN6O4S. The number of ether oxygens (including phenoxy) is 3. The second kappa shape index (κ2) is 11.3. The Hall–Kier alpha value is -3.51. The van der Waals surface area contributed by atoms with Crippen molar-refractivity contribution < 1.29 is 19.0 Å². The summed E-state index contributed by atoms with van der Waals surface area (Å²) in [4.78, 5) is 29.5. The van der Waals surface area contributed by atoms with Gasteiger partial charge in [0.25, 0.3) is 0 Å². The number of imidazole rings is 1. The Labute approximate surface area is 238 Å². The van der Waals surface area contributed by atoms with Crippen LogP contribution in [0.2, 0.25) is 0 Å². The van der Waals surface area contributed by atoms with Crippen LogP contribution in [0.5, 0.6) is 11.5 Å². The minimum Gasteiger partial charge on any atom is -0.454 e. The Balaban J connectivity index is 1.15. The van der Waals surface area contributed by atoms with Crippen LogP contribution >= 0.6 is 27.7 Å². The van der Waals surface area contributed by atoms with Crippen LogP contribution < -0.4 is 15.2 Å². The van der Waals surface area contributed by atoms with Crippen LogP contribution in [-0.2, 0) is 17.9 Å². The number of fused-ring (bicyclic) bond motifs is 2. The molecule has 12 heteroatoms. The van der Waals surface area contributed by atoms with Crippen molar-refractivity contribution in [3.05, 3.63) is 58.8 Å². The van der Waals surface area contributed by atoms with E-state index in [1.807, 2.05) is 51.9 Å². The predicted octanol–water partition coefficient (Wildman–Crippen LogP) is 5.58. The molecule has 1 fully saturated rings. The summed E-state index contributed by atoms with van der Waals surface area (Å²) < 4.78 is 19.4. The van der Waals surface area contributed by atoms with E-state index in [2.05, 4.69) is 25.9 Å². The smallest absolute Gasteiger partial charge is 0.410 e. The van der Waals surface area contributed by atoms with Gasteiger partial charge in [-0.3, -0.25) is 0 Å². The fraction of sp³-hybridized carbons (Fsp3) is 0.333. The SMILES string of the molecule is Nc1ncn(CCC2CCCCN2C(=O)OCc2ccccc2)c2nc(Sc3cc4c(cc3Br)OCO4)nc1-2. The highest BCUT2D eigenvalue weighted by Gasteiger charge is 2.29. The number of likely N-dealkylation sites (tertiary alicyclic amines) is 1. The van der Waals surface area contributed by atoms with Crippen molar-refractivity contribution >= 4 is 39.6 Å². The molecule has 0 bridgehead atoms. The van der Waals surface area contributed by atoms with Gasteiger partial charge in [-0.2, -0.15) is 0 Å². The molecule has 4 aliphatic rings. The van der Waals surface area contributed by atoms with Crippen LogP contribution in [0.1, 0.15) is 31.2 Å². The summed E-state index contributed by atoms with van der Waals surface area (Å²) in [5.74, 6) is 2.38. The number of piperidine rings is 1. The Morgan fingerprint density at radius 2 is 1.97 bits per heavy atom. The Kier molecular flexibility index (Phi) is 7.47. The molecule has 0 radical (unpaired) electrons. The number of aromatic nitrogens is 4. The fourth-order valence-electron chi connectivity index (χ4n) is 4.85. The van der Waals surface area contributed by atoms with E-state index in [0.29, 0.717) is 47.1 Å². The lowest BCUT2D eigenvalue weighted by Gasteiger charge is -2.35. The molecule has 4 heterocycles. The Morgan fingerprint density at radius 1 is 1.15 bits per heavy atom. The molecule has 0 aromatic heterocycles. The topological polar surface area (TPSA) is 118 Å². The third-order valence-electron chi connectivity index (χ3n) is 6.87. The lowest BCUT2D eigenvalue weighted by atomic mass is 10.00. The van der Waals surface area contributed by atoms with Gasteiger partial charge in [0.05, 0.1) is 6.33 Å². The van der Waals surface area contributed by atoms with E-state index in [4.69, 9.17) is 24.9 Å². The zero-order valence-corrected chi connectivity index (χ0v) is 23.5. The maximum Gasteiger partial charge on any atom is 0.410 e. The number of carbonyl (C=O) groups is 1. The number of hydrogen-bond donors (Lipinski definition) is 1. The number of halogens is 1. The molecule has 0 aliphatic carbocycles. The van der Waals surface area contributed by atoms with E-state index in [1.54, 1.807) is 6.33 Å². The lowest BCUT2D eigenvalue weighted by molar-refractivity contribution is 0.0649. The van der Waals surface area contributed by atoms with Gasteiger partial charge in [0.2, 0.25) is 6.79 Å². The number of nitrogens with two attached hydrogens (primary N) is 1. The Bertz CT molecular complexity index is 1450. The third-order valence-corrected chi connectivity index (χ3v) is 8.71. The summed E-state index contributed by atoms with van der Waals surface area (Å²) in [6.07, 6.45) is 5.15. The summed E-state index contributed by atoms with van der Waals surface area (Å²) in [5, 5.41) is 0.557. The monoisotopic (exact) mass is 610 g/mol. The summed E-state index contributed by atoms with van der Waals surface area (Å²) in [5.41, 5.74) is 7.69. The lowest BCUT2D eigenvalue weighted by Crippen LogP contribution is -2.44. The highest BCUT2D eigenvalue weighted by molar-refractivity contribution is 9.10. The molecule has 39 heavy (non-hydrogen) atoms. The molecule has 1 atom stereocenters. The van der Waals surface area contributed by atoms with E-state index in [1.165, 1.54) is 11.8 Å². The number of hydrogen-bond acceptors (Lipinski definition) is 9. The van der Waals surface area contributed by atoms with Crippen molar-refractivity contribution in [2.24, 2.45) is 0 Å².